The highest BCUT2D eigenvalue weighted by Gasteiger charge is 2.25. The molecule has 2 N–H and O–H groups in total. The van der Waals surface area contributed by atoms with Gasteiger partial charge in [0.1, 0.15) is 11.3 Å². The van der Waals surface area contributed by atoms with Gasteiger partial charge in [-0.3, -0.25) is 5.10 Å². The van der Waals surface area contributed by atoms with Crippen LogP contribution in [0.2, 0.25) is 0 Å². The van der Waals surface area contributed by atoms with Crippen LogP contribution < -0.4 is 0 Å². The Morgan fingerprint density at radius 3 is 3.05 bits per heavy atom. The van der Waals surface area contributed by atoms with Crippen LogP contribution in [0.25, 0.3) is 22.3 Å². The summed E-state index contributed by atoms with van der Waals surface area (Å²) in [4.78, 5) is 14.1. The number of aromatic nitrogens is 5. The van der Waals surface area contributed by atoms with Crippen LogP contribution in [0.5, 0.6) is 0 Å². The molecule has 1 aliphatic heterocycles. The van der Waals surface area contributed by atoms with E-state index < -0.39 is 0 Å². The van der Waals surface area contributed by atoms with Crippen LogP contribution in [0.15, 0.2) is 24.7 Å². The molecule has 104 valence electrons. The van der Waals surface area contributed by atoms with Crippen LogP contribution in [0.4, 0.5) is 0 Å². The summed E-state index contributed by atoms with van der Waals surface area (Å²) in [7, 11) is 0. The zero-order valence-corrected chi connectivity index (χ0v) is 11.2. The molecule has 0 bridgehead atoms. The Balaban J connectivity index is 1.69. The normalized spacial score (nSPS) is 18.2. The first kappa shape index (κ1) is 11.9. The van der Waals surface area contributed by atoms with E-state index in [-0.39, 0.29) is 5.92 Å². The smallest absolute Gasteiger partial charge is 0.179 e. The second-order valence-corrected chi connectivity index (χ2v) is 5.23. The fraction of sp³-hybridized carbons (Fsp3) is 0.286. The summed E-state index contributed by atoms with van der Waals surface area (Å²) in [5, 5.41) is 15.7. The monoisotopic (exact) mass is 279 g/mol. The van der Waals surface area contributed by atoms with Gasteiger partial charge in [0.2, 0.25) is 0 Å². The summed E-state index contributed by atoms with van der Waals surface area (Å²) >= 11 is 0. The standard InChI is InChI=1S/C14H13N7/c15-8-21-2-1-9(7-21)13-19-12-3-10(4-16-14(12)20-13)11-5-17-18-6-11/h3-6,9H,1-2,7H2,(H,17,18)(H,16,19,20). The lowest BCUT2D eigenvalue weighted by Gasteiger charge is -2.05. The van der Waals surface area contributed by atoms with Crippen molar-refractivity contribution in [3.63, 3.8) is 0 Å². The zero-order chi connectivity index (χ0) is 14.2. The molecule has 1 atom stereocenters. The van der Waals surface area contributed by atoms with Gasteiger partial charge in [-0.05, 0) is 12.5 Å². The van der Waals surface area contributed by atoms with E-state index in [4.69, 9.17) is 5.26 Å². The molecular formula is C14H13N7. The lowest BCUT2D eigenvalue weighted by Crippen LogP contribution is -2.13. The van der Waals surface area contributed by atoms with E-state index in [2.05, 4.69) is 31.3 Å². The SMILES string of the molecule is N#CN1CCC(c2nc3cc(-c4cn[nH]c4)cnc3[nH]2)C1. The van der Waals surface area contributed by atoms with Crippen molar-refractivity contribution in [1.29, 1.82) is 5.26 Å². The number of imidazole rings is 1. The summed E-state index contributed by atoms with van der Waals surface area (Å²) in [6.45, 7) is 1.52. The molecule has 7 nitrogen and oxygen atoms in total. The minimum atomic E-state index is 0.274. The summed E-state index contributed by atoms with van der Waals surface area (Å²) in [5.41, 5.74) is 3.61. The highest BCUT2D eigenvalue weighted by molar-refractivity contribution is 5.77. The Labute approximate surface area is 120 Å². The lowest BCUT2D eigenvalue weighted by molar-refractivity contribution is 0.477. The van der Waals surface area contributed by atoms with Gasteiger partial charge in [-0.25, -0.2) is 9.97 Å². The zero-order valence-electron chi connectivity index (χ0n) is 11.2. The summed E-state index contributed by atoms with van der Waals surface area (Å²) < 4.78 is 0. The summed E-state index contributed by atoms with van der Waals surface area (Å²) in [5.74, 6) is 1.19. The third kappa shape index (κ3) is 2.01. The maximum atomic E-state index is 8.94. The third-order valence-corrected chi connectivity index (χ3v) is 3.90. The number of H-pyrrole nitrogens is 2. The first-order valence-corrected chi connectivity index (χ1v) is 6.83. The Morgan fingerprint density at radius 1 is 1.33 bits per heavy atom. The first-order chi connectivity index (χ1) is 10.3. The molecule has 1 fully saturated rings. The second kappa shape index (κ2) is 4.59. The van der Waals surface area contributed by atoms with E-state index in [0.717, 1.165) is 47.6 Å². The third-order valence-electron chi connectivity index (χ3n) is 3.90. The molecule has 21 heavy (non-hydrogen) atoms. The van der Waals surface area contributed by atoms with Crippen LogP contribution in [0, 0.1) is 11.5 Å². The van der Waals surface area contributed by atoms with Crippen molar-refractivity contribution >= 4 is 11.2 Å². The molecule has 4 rings (SSSR count). The molecule has 3 aromatic rings. The van der Waals surface area contributed by atoms with Gasteiger partial charge in [0.25, 0.3) is 0 Å². The molecular weight excluding hydrogens is 266 g/mol. The number of likely N-dealkylation sites (tertiary alicyclic amines) is 1. The average Bonchev–Trinajstić information content (AvgIpc) is 3.24. The van der Waals surface area contributed by atoms with Crippen LogP contribution in [0.3, 0.4) is 0 Å². The Bertz CT molecular complexity index is 812. The predicted molar refractivity (Wildman–Crippen MR) is 76.0 cm³/mol. The van der Waals surface area contributed by atoms with Crippen molar-refractivity contribution in [2.45, 2.75) is 12.3 Å². The fourth-order valence-corrected chi connectivity index (χ4v) is 2.75. The second-order valence-electron chi connectivity index (χ2n) is 5.23. The molecule has 1 unspecified atom stereocenters. The maximum Gasteiger partial charge on any atom is 0.179 e. The highest BCUT2D eigenvalue weighted by atomic mass is 15.1. The van der Waals surface area contributed by atoms with E-state index in [0.29, 0.717) is 0 Å². The number of rotatable bonds is 2. The average molecular weight is 279 g/mol. The molecule has 0 radical (unpaired) electrons. The molecule has 0 aromatic carbocycles. The molecule has 1 saturated heterocycles. The Morgan fingerprint density at radius 2 is 2.29 bits per heavy atom. The molecule has 3 aromatic heterocycles. The minimum absolute atomic E-state index is 0.274. The fourth-order valence-electron chi connectivity index (χ4n) is 2.75. The van der Waals surface area contributed by atoms with Crippen molar-refractivity contribution in [3.8, 4) is 17.3 Å². The first-order valence-electron chi connectivity index (χ1n) is 6.83. The van der Waals surface area contributed by atoms with Crippen molar-refractivity contribution in [3.05, 3.63) is 30.5 Å². The molecule has 0 saturated carbocycles. The molecule has 7 heteroatoms. The number of hydrogen-bond acceptors (Lipinski definition) is 5. The van der Waals surface area contributed by atoms with Gasteiger partial charge in [-0.15, -0.1) is 0 Å². The molecule has 4 heterocycles. The minimum Gasteiger partial charge on any atom is -0.326 e. The largest absolute Gasteiger partial charge is 0.326 e. The molecule has 0 spiro atoms. The molecule has 1 aliphatic rings. The number of nitriles is 1. The van der Waals surface area contributed by atoms with Gasteiger partial charge in [0.15, 0.2) is 11.8 Å². The van der Waals surface area contributed by atoms with E-state index in [9.17, 15) is 0 Å². The number of hydrogen-bond donors (Lipinski definition) is 2. The number of nitrogens with one attached hydrogen (secondary N) is 2. The van der Waals surface area contributed by atoms with Crippen LogP contribution >= 0.6 is 0 Å². The van der Waals surface area contributed by atoms with Gasteiger partial charge in [0.05, 0.1) is 6.20 Å². The van der Waals surface area contributed by atoms with Crippen molar-refractivity contribution < 1.29 is 0 Å². The van der Waals surface area contributed by atoms with E-state index in [1.165, 1.54) is 0 Å². The van der Waals surface area contributed by atoms with E-state index in [1.54, 1.807) is 11.1 Å². The summed E-state index contributed by atoms with van der Waals surface area (Å²) in [6.07, 6.45) is 8.54. The summed E-state index contributed by atoms with van der Waals surface area (Å²) in [6, 6.07) is 2.00. The van der Waals surface area contributed by atoms with Crippen molar-refractivity contribution in [2.75, 3.05) is 13.1 Å². The van der Waals surface area contributed by atoms with Crippen molar-refractivity contribution in [1.82, 2.24) is 30.0 Å². The Kier molecular flexibility index (Phi) is 2.60. The van der Waals surface area contributed by atoms with Gasteiger partial charge >= 0.3 is 0 Å². The molecule has 0 aliphatic carbocycles. The Hall–Kier alpha value is -2.88. The van der Waals surface area contributed by atoms with E-state index >= 15 is 0 Å². The maximum absolute atomic E-state index is 8.94. The quantitative estimate of drug-likeness (QED) is 0.695. The molecule has 0 amide bonds. The van der Waals surface area contributed by atoms with Gasteiger partial charge < -0.3 is 9.88 Å². The number of fused-ring (bicyclic) bond motifs is 1. The van der Waals surface area contributed by atoms with Crippen LogP contribution in [-0.4, -0.2) is 43.1 Å². The number of aromatic amines is 2. The topological polar surface area (TPSA) is 97.3 Å². The number of pyridine rings is 1. The van der Waals surface area contributed by atoms with Gasteiger partial charge in [-0.1, -0.05) is 0 Å². The predicted octanol–water partition coefficient (Wildman–Crippen LogP) is 1.62. The van der Waals surface area contributed by atoms with E-state index in [1.807, 2.05) is 18.5 Å². The highest BCUT2D eigenvalue weighted by Crippen LogP contribution is 2.27. The van der Waals surface area contributed by atoms with Gasteiger partial charge in [0, 0.05) is 42.5 Å². The van der Waals surface area contributed by atoms with Crippen LogP contribution in [0.1, 0.15) is 18.2 Å². The van der Waals surface area contributed by atoms with Crippen molar-refractivity contribution in [2.24, 2.45) is 0 Å². The number of nitrogens with zero attached hydrogens (tertiary/aromatic N) is 5. The lowest BCUT2D eigenvalue weighted by atomic mass is 10.1. The van der Waals surface area contributed by atoms with Crippen LogP contribution in [-0.2, 0) is 0 Å². The van der Waals surface area contributed by atoms with Gasteiger partial charge in [-0.2, -0.15) is 10.4 Å².